The van der Waals surface area contributed by atoms with Crippen molar-refractivity contribution in [3.05, 3.63) is 29.3 Å². The third-order valence-corrected chi connectivity index (χ3v) is 2.04. The van der Waals surface area contributed by atoms with Crippen LogP contribution in [0.2, 0.25) is 0 Å². The molecule has 0 bridgehead atoms. The summed E-state index contributed by atoms with van der Waals surface area (Å²) in [5, 5.41) is 11.3. The van der Waals surface area contributed by atoms with Crippen LogP contribution in [-0.4, -0.2) is 22.9 Å². The van der Waals surface area contributed by atoms with Crippen LogP contribution >= 0.6 is 11.6 Å². The van der Waals surface area contributed by atoms with Crippen LogP contribution in [0.1, 0.15) is 15.9 Å². The zero-order chi connectivity index (χ0) is 11.4. The van der Waals surface area contributed by atoms with Crippen LogP contribution in [-0.2, 0) is 4.79 Å². The van der Waals surface area contributed by atoms with Crippen molar-refractivity contribution in [1.82, 2.24) is 0 Å². The highest BCUT2D eigenvalue weighted by molar-refractivity contribution is 6.29. The van der Waals surface area contributed by atoms with Gasteiger partial charge in [0, 0.05) is 0 Å². The van der Waals surface area contributed by atoms with Gasteiger partial charge in [-0.2, -0.15) is 0 Å². The first-order valence-corrected chi connectivity index (χ1v) is 4.78. The number of halogens is 1. The summed E-state index contributed by atoms with van der Waals surface area (Å²) in [5.41, 5.74) is 1.14. The fourth-order valence-corrected chi connectivity index (χ4v) is 1.19. The quantitative estimate of drug-likeness (QED) is 0.775. The fourth-order valence-electron chi connectivity index (χ4n) is 1.13. The minimum absolute atomic E-state index is 0.0634. The van der Waals surface area contributed by atoms with Gasteiger partial charge in [0.1, 0.15) is 5.88 Å². The molecule has 0 spiro atoms. The van der Waals surface area contributed by atoms with E-state index in [-0.39, 0.29) is 17.1 Å². The van der Waals surface area contributed by atoms with Crippen LogP contribution in [0.3, 0.4) is 0 Å². The highest BCUT2D eigenvalue weighted by Crippen LogP contribution is 2.17. The van der Waals surface area contributed by atoms with Gasteiger partial charge in [-0.3, -0.25) is 4.79 Å². The van der Waals surface area contributed by atoms with Gasteiger partial charge in [0.05, 0.1) is 11.3 Å². The van der Waals surface area contributed by atoms with Crippen molar-refractivity contribution in [1.29, 1.82) is 0 Å². The monoisotopic (exact) mass is 227 g/mol. The average molecular weight is 228 g/mol. The van der Waals surface area contributed by atoms with Crippen molar-refractivity contribution >= 4 is 29.2 Å². The summed E-state index contributed by atoms with van der Waals surface area (Å²) in [6.07, 6.45) is 0. The van der Waals surface area contributed by atoms with Crippen molar-refractivity contribution in [3.8, 4) is 0 Å². The first-order valence-electron chi connectivity index (χ1n) is 4.24. The molecular formula is C10H10ClNO3. The van der Waals surface area contributed by atoms with E-state index >= 15 is 0 Å². The molecule has 1 aromatic rings. The lowest BCUT2D eigenvalue weighted by molar-refractivity contribution is -0.113. The average Bonchev–Trinajstić information content (AvgIpc) is 2.20. The number of alkyl halides is 1. The predicted molar refractivity (Wildman–Crippen MR) is 57.5 cm³/mol. The van der Waals surface area contributed by atoms with E-state index in [9.17, 15) is 9.59 Å². The van der Waals surface area contributed by atoms with Gasteiger partial charge in [0.25, 0.3) is 0 Å². The van der Waals surface area contributed by atoms with Gasteiger partial charge in [-0.05, 0) is 19.1 Å². The van der Waals surface area contributed by atoms with E-state index in [1.165, 1.54) is 6.07 Å². The maximum atomic E-state index is 11.0. The Morgan fingerprint density at radius 1 is 1.47 bits per heavy atom. The van der Waals surface area contributed by atoms with Crippen LogP contribution < -0.4 is 5.32 Å². The zero-order valence-corrected chi connectivity index (χ0v) is 8.84. The summed E-state index contributed by atoms with van der Waals surface area (Å²) in [4.78, 5) is 21.9. The second kappa shape index (κ2) is 4.79. The molecule has 5 heteroatoms. The third-order valence-electron chi connectivity index (χ3n) is 1.80. The van der Waals surface area contributed by atoms with Gasteiger partial charge < -0.3 is 10.4 Å². The van der Waals surface area contributed by atoms with E-state index in [0.29, 0.717) is 0 Å². The summed E-state index contributed by atoms with van der Waals surface area (Å²) in [6, 6.07) is 4.76. The van der Waals surface area contributed by atoms with Crippen molar-refractivity contribution in [3.63, 3.8) is 0 Å². The minimum Gasteiger partial charge on any atom is -0.478 e. The number of anilines is 1. The Kier molecular flexibility index (Phi) is 3.68. The second-order valence-electron chi connectivity index (χ2n) is 3.04. The highest BCUT2D eigenvalue weighted by Gasteiger charge is 2.11. The van der Waals surface area contributed by atoms with Crippen LogP contribution in [0.15, 0.2) is 18.2 Å². The topological polar surface area (TPSA) is 66.4 Å². The van der Waals surface area contributed by atoms with Crippen LogP contribution in [0.4, 0.5) is 5.69 Å². The van der Waals surface area contributed by atoms with Crippen LogP contribution in [0.5, 0.6) is 0 Å². The molecule has 0 radical (unpaired) electrons. The number of benzene rings is 1. The molecule has 0 saturated carbocycles. The second-order valence-corrected chi connectivity index (χ2v) is 3.30. The highest BCUT2D eigenvalue weighted by atomic mass is 35.5. The van der Waals surface area contributed by atoms with E-state index in [0.717, 1.165) is 5.56 Å². The SMILES string of the molecule is Cc1ccc(NC(=O)CCl)c(C(=O)O)c1. The lowest BCUT2D eigenvalue weighted by Gasteiger charge is -2.07. The van der Waals surface area contributed by atoms with Crippen LogP contribution in [0.25, 0.3) is 0 Å². The molecule has 0 aliphatic carbocycles. The molecule has 0 aliphatic heterocycles. The van der Waals surface area contributed by atoms with E-state index in [4.69, 9.17) is 16.7 Å². The molecule has 0 fully saturated rings. The van der Waals surface area contributed by atoms with Crippen molar-refractivity contribution < 1.29 is 14.7 Å². The maximum Gasteiger partial charge on any atom is 0.337 e. The summed E-state index contributed by atoms with van der Waals surface area (Å²) >= 11 is 5.31. The molecule has 0 saturated heterocycles. The van der Waals surface area contributed by atoms with Gasteiger partial charge in [-0.15, -0.1) is 11.6 Å². The molecule has 0 unspecified atom stereocenters. The Bertz CT molecular complexity index is 404. The number of carbonyl (C=O) groups is 2. The van der Waals surface area contributed by atoms with Crippen molar-refractivity contribution in [2.75, 3.05) is 11.2 Å². The maximum absolute atomic E-state index is 11.0. The number of carboxylic acid groups (broad SMARTS) is 1. The molecule has 15 heavy (non-hydrogen) atoms. The van der Waals surface area contributed by atoms with Gasteiger partial charge in [-0.1, -0.05) is 11.6 Å². The molecule has 1 aromatic carbocycles. The van der Waals surface area contributed by atoms with Crippen molar-refractivity contribution in [2.45, 2.75) is 6.92 Å². The summed E-state index contributed by atoms with van der Waals surface area (Å²) in [6.45, 7) is 1.78. The normalized spacial score (nSPS) is 9.73. The molecule has 2 N–H and O–H groups in total. The first kappa shape index (κ1) is 11.5. The molecule has 4 nitrogen and oxygen atoms in total. The summed E-state index contributed by atoms with van der Waals surface area (Å²) < 4.78 is 0. The van der Waals surface area contributed by atoms with E-state index in [1.54, 1.807) is 19.1 Å². The molecule has 80 valence electrons. The summed E-state index contributed by atoms with van der Waals surface area (Å²) in [7, 11) is 0. The number of carboxylic acids is 1. The molecule has 0 aromatic heterocycles. The van der Waals surface area contributed by atoms with E-state index in [1.807, 2.05) is 0 Å². The Labute approximate surface area is 91.9 Å². The minimum atomic E-state index is -1.08. The number of aromatic carboxylic acids is 1. The number of nitrogens with one attached hydrogen (secondary N) is 1. The molecule has 1 rings (SSSR count). The van der Waals surface area contributed by atoms with E-state index < -0.39 is 11.9 Å². The van der Waals surface area contributed by atoms with E-state index in [2.05, 4.69) is 5.32 Å². The first-order chi connectivity index (χ1) is 7.04. The Morgan fingerprint density at radius 2 is 2.13 bits per heavy atom. The number of carbonyl (C=O) groups excluding carboxylic acids is 1. The Hall–Kier alpha value is -1.55. The largest absolute Gasteiger partial charge is 0.478 e. The lowest BCUT2D eigenvalue weighted by atomic mass is 10.1. The number of hydrogen-bond donors (Lipinski definition) is 2. The molecule has 0 heterocycles. The van der Waals surface area contributed by atoms with Crippen LogP contribution in [0, 0.1) is 6.92 Å². The lowest BCUT2D eigenvalue weighted by Crippen LogP contribution is -2.15. The number of amides is 1. The van der Waals surface area contributed by atoms with Crippen molar-refractivity contribution in [2.24, 2.45) is 0 Å². The standard InChI is InChI=1S/C10H10ClNO3/c1-6-2-3-8(12-9(13)5-11)7(4-6)10(14)15/h2-4H,5H2,1H3,(H,12,13)(H,14,15). The van der Waals surface area contributed by atoms with Gasteiger partial charge in [0.2, 0.25) is 5.91 Å². The zero-order valence-electron chi connectivity index (χ0n) is 8.08. The number of hydrogen-bond acceptors (Lipinski definition) is 2. The molecule has 1 amide bonds. The molecule has 0 aliphatic rings. The third kappa shape index (κ3) is 2.95. The predicted octanol–water partition coefficient (Wildman–Crippen LogP) is 1.87. The smallest absolute Gasteiger partial charge is 0.337 e. The number of rotatable bonds is 3. The van der Waals surface area contributed by atoms with Gasteiger partial charge in [0.15, 0.2) is 0 Å². The number of aryl methyl sites for hydroxylation is 1. The Balaban J connectivity index is 3.06. The molecule has 0 atom stereocenters. The molecular weight excluding hydrogens is 218 g/mol. The Morgan fingerprint density at radius 3 is 2.67 bits per heavy atom. The van der Waals surface area contributed by atoms with Gasteiger partial charge in [-0.25, -0.2) is 4.79 Å². The fraction of sp³-hybridized carbons (Fsp3) is 0.200. The van der Waals surface area contributed by atoms with Gasteiger partial charge >= 0.3 is 5.97 Å². The summed E-state index contributed by atoms with van der Waals surface area (Å²) in [5.74, 6) is -1.71.